The summed E-state index contributed by atoms with van der Waals surface area (Å²) in [6, 6.07) is 10.9. The van der Waals surface area contributed by atoms with Crippen LogP contribution in [0.4, 0.5) is 0 Å². The van der Waals surface area contributed by atoms with Crippen molar-refractivity contribution in [1.29, 1.82) is 0 Å². The van der Waals surface area contributed by atoms with E-state index in [9.17, 15) is 0 Å². The van der Waals surface area contributed by atoms with Crippen molar-refractivity contribution in [2.24, 2.45) is 0 Å². The Morgan fingerprint density at radius 1 is 1.00 bits per heavy atom. The molecule has 0 bridgehead atoms. The van der Waals surface area contributed by atoms with Gasteiger partial charge in [-0.25, -0.2) is 0 Å². The molecule has 13 heavy (non-hydrogen) atoms. The summed E-state index contributed by atoms with van der Waals surface area (Å²) in [4.78, 5) is 0. The summed E-state index contributed by atoms with van der Waals surface area (Å²) in [7, 11) is 0. The van der Waals surface area contributed by atoms with Gasteiger partial charge in [0.15, 0.2) is 0 Å². The number of aryl methyl sites for hydroxylation is 1. The first-order valence-corrected chi connectivity index (χ1v) is 10.5. The maximum atomic E-state index is 2.37. The summed E-state index contributed by atoms with van der Waals surface area (Å²) in [6.45, 7) is 4.75. The van der Waals surface area contributed by atoms with Crippen LogP contribution in [0.5, 0.6) is 0 Å². The summed E-state index contributed by atoms with van der Waals surface area (Å²) in [5, 5.41) is 4.55. The third-order valence-electron chi connectivity index (χ3n) is 2.84. The van der Waals surface area contributed by atoms with E-state index < -0.39 is 14.3 Å². The van der Waals surface area contributed by atoms with E-state index in [0.717, 1.165) is 0 Å². The molecule has 0 radical (unpaired) electrons. The monoisotopic (exact) mass is 238 g/mol. The summed E-state index contributed by atoms with van der Waals surface area (Å²) < 4.78 is 0. The van der Waals surface area contributed by atoms with Crippen LogP contribution in [0.2, 0.25) is 15.8 Å². The third kappa shape index (κ3) is 3.99. The van der Waals surface area contributed by atoms with Crippen LogP contribution in [-0.4, -0.2) is 14.3 Å². The molecule has 0 aromatic heterocycles. The van der Waals surface area contributed by atoms with E-state index >= 15 is 0 Å². The van der Waals surface area contributed by atoms with E-state index in [1.54, 1.807) is 0 Å². The van der Waals surface area contributed by atoms with Crippen molar-refractivity contribution in [2.45, 2.75) is 36.0 Å². The Balaban J connectivity index is 2.34. The van der Waals surface area contributed by atoms with E-state index in [2.05, 4.69) is 44.2 Å². The second kappa shape index (κ2) is 6.25. The van der Waals surface area contributed by atoms with Crippen molar-refractivity contribution < 1.29 is 0 Å². The van der Waals surface area contributed by atoms with Crippen LogP contribution >= 0.6 is 0 Å². The van der Waals surface area contributed by atoms with Crippen LogP contribution in [-0.2, 0) is 6.42 Å². The summed E-state index contributed by atoms with van der Waals surface area (Å²) in [6.07, 6.45) is 1.33. The molecule has 0 heterocycles. The predicted molar refractivity (Wildman–Crippen MR) is 63.1 cm³/mol. The zero-order valence-electron chi connectivity index (χ0n) is 8.79. The average Bonchev–Trinajstić information content (AvgIpc) is 2.21. The van der Waals surface area contributed by atoms with Gasteiger partial charge in [-0.2, -0.15) is 0 Å². The molecule has 0 fully saturated rings. The van der Waals surface area contributed by atoms with Crippen LogP contribution in [0.1, 0.15) is 19.4 Å². The summed E-state index contributed by atoms with van der Waals surface area (Å²) >= 11 is -0.809. The van der Waals surface area contributed by atoms with Crippen molar-refractivity contribution >= 4 is 14.3 Å². The van der Waals surface area contributed by atoms with Gasteiger partial charge in [0.05, 0.1) is 0 Å². The first-order valence-electron chi connectivity index (χ1n) is 5.40. The van der Waals surface area contributed by atoms with E-state index in [0.29, 0.717) is 0 Å². The number of hydrogen-bond donors (Lipinski definition) is 0. The van der Waals surface area contributed by atoms with Gasteiger partial charge in [0.2, 0.25) is 0 Å². The molecule has 0 N–H and O–H groups in total. The molecular formula is C12H20Ge. The Hall–Kier alpha value is -0.237. The Kier molecular flexibility index (Phi) is 5.21. The molecule has 0 aliphatic carbocycles. The molecule has 1 rings (SSSR count). The number of rotatable bonds is 5. The Morgan fingerprint density at radius 2 is 1.62 bits per heavy atom. The SMILES string of the molecule is C[CH2][GeH]([CH2]C)[CH2]Cc1ccccc1. The van der Waals surface area contributed by atoms with Gasteiger partial charge in [-0.1, -0.05) is 0 Å². The molecule has 0 saturated carbocycles. The molecule has 0 unspecified atom stereocenters. The topological polar surface area (TPSA) is 0 Å². The van der Waals surface area contributed by atoms with E-state index in [1.807, 2.05) is 0 Å². The molecule has 0 aliphatic heterocycles. The van der Waals surface area contributed by atoms with Gasteiger partial charge in [0, 0.05) is 0 Å². The third-order valence-corrected chi connectivity index (χ3v) is 10.0. The molecule has 0 amide bonds. The molecular weight excluding hydrogens is 217 g/mol. The standard InChI is InChI=1S/C12H20Ge/c1-3-13(4-2)11-10-12-8-6-5-7-9-12/h5-9,13H,3-4,10-11H2,1-2H3. The summed E-state index contributed by atoms with van der Waals surface area (Å²) in [5.41, 5.74) is 1.53. The van der Waals surface area contributed by atoms with E-state index in [1.165, 1.54) is 27.7 Å². The molecule has 0 saturated heterocycles. The minimum absolute atomic E-state index is 0.809. The minimum atomic E-state index is -0.809. The van der Waals surface area contributed by atoms with Gasteiger partial charge in [-0.05, 0) is 0 Å². The fraction of sp³-hybridized carbons (Fsp3) is 0.500. The van der Waals surface area contributed by atoms with Crippen molar-refractivity contribution in [2.75, 3.05) is 0 Å². The van der Waals surface area contributed by atoms with Gasteiger partial charge in [0.1, 0.15) is 0 Å². The van der Waals surface area contributed by atoms with Crippen LogP contribution in [0.25, 0.3) is 0 Å². The molecule has 1 aromatic carbocycles. The number of hydrogen-bond acceptors (Lipinski definition) is 0. The fourth-order valence-corrected chi connectivity index (χ4v) is 6.19. The Morgan fingerprint density at radius 3 is 2.15 bits per heavy atom. The van der Waals surface area contributed by atoms with Crippen molar-refractivity contribution in [3.63, 3.8) is 0 Å². The van der Waals surface area contributed by atoms with E-state index in [-0.39, 0.29) is 0 Å². The fourth-order valence-electron chi connectivity index (χ4n) is 1.71. The molecule has 0 atom stereocenters. The number of benzene rings is 1. The zero-order valence-corrected chi connectivity index (χ0v) is 11.2. The van der Waals surface area contributed by atoms with Crippen molar-refractivity contribution in [3.05, 3.63) is 35.9 Å². The van der Waals surface area contributed by atoms with Gasteiger partial charge >= 0.3 is 86.3 Å². The Labute approximate surface area is 86.5 Å². The maximum absolute atomic E-state index is 2.37. The van der Waals surface area contributed by atoms with Gasteiger partial charge < -0.3 is 0 Å². The molecule has 0 aliphatic rings. The van der Waals surface area contributed by atoms with Crippen LogP contribution in [0.15, 0.2) is 30.3 Å². The van der Waals surface area contributed by atoms with E-state index in [4.69, 9.17) is 0 Å². The Bertz CT molecular complexity index is 214. The first kappa shape index (κ1) is 10.8. The van der Waals surface area contributed by atoms with Gasteiger partial charge in [-0.3, -0.25) is 0 Å². The quantitative estimate of drug-likeness (QED) is 0.687. The summed E-state index contributed by atoms with van der Waals surface area (Å²) in [5.74, 6) is 0. The van der Waals surface area contributed by atoms with Crippen LogP contribution < -0.4 is 0 Å². The van der Waals surface area contributed by atoms with Gasteiger partial charge in [0.25, 0.3) is 0 Å². The second-order valence-corrected chi connectivity index (χ2v) is 12.0. The molecule has 72 valence electrons. The zero-order chi connectivity index (χ0) is 9.52. The van der Waals surface area contributed by atoms with Crippen LogP contribution in [0.3, 0.4) is 0 Å². The van der Waals surface area contributed by atoms with Crippen LogP contribution in [0, 0.1) is 0 Å². The first-order chi connectivity index (χ1) is 6.36. The normalized spacial score (nSPS) is 10.7. The van der Waals surface area contributed by atoms with Crippen molar-refractivity contribution in [1.82, 2.24) is 0 Å². The molecule has 0 spiro atoms. The second-order valence-electron chi connectivity index (χ2n) is 3.71. The predicted octanol–water partition coefficient (Wildman–Crippen LogP) is 3.50. The molecule has 1 aromatic rings. The van der Waals surface area contributed by atoms with Crippen molar-refractivity contribution in [3.8, 4) is 0 Å². The molecule has 0 nitrogen and oxygen atoms in total. The van der Waals surface area contributed by atoms with Gasteiger partial charge in [-0.15, -0.1) is 0 Å². The molecule has 1 heteroatoms. The average molecular weight is 237 g/mol.